The summed E-state index contributed by atoms with van der Waals surface area (Å²) in [4.78, 5) is 29.0. The van der Waals surface area contributed by atoms with Crippen molar-refractivity contribution in [1.82, 2.24) is 4.98 Å². The molecule has 2 amide bonds. The fourth-order valence-corrected chi connectivity index (χ4v) is 2.28. The Morgan fingerprint density at radius 2 is 2.00 bits per heavy atom. The summed E-state index contributed by atoms with van der Waals surface area (Å²) < 4.78 is 0. The van der Waals surface area contributed by atoms with Crippen molar-refractivity contribution < 1.29 is 9.59 Å². The fraction of sp³-hybridized carbons (Fsp3) is 0.133. The number of nitrogens with one attached hydrogen (secondary N) is 1. The summed E-state index contributed by atoms with van der Waals surface area (Å²) in [6.45, 7) is 0.747. The minimum absolute atomic E-state index is 0.121. The van der Waals surface area contributed by atoms with Gasteiger partial charge in [-0.3, -0.25) is 14.6 Å². The molecule has 1 N–H and O–H groups in total. The Labute approximate surface area is 126 Å². The number of carbonyl (C=O) groups excluding carboxylic acids is 2. The maximum absolute atomic E-state index is 12.1. The molecule has 0 unspecified atom stereocenters. The van der Waals surface area contributed by atoms with Gasteiger partial charge in [-0.1, -0.05) is 11.6 Å². The second kappa shape index (κ2) is 5.54. The van der Waals surface area contributed by atoms with E-state index >= 15 is 0 Å². The zero-order valence-corrected chi connectivity index (χ0v) is 11.8. The lowest BCUT2D eigenvalue weighted by Gasteiger charge is -2.30. The molecule has 1 aliphatic rings. The van der Waals surface area contributed by atoms with E-state index in [4.69, 9.17) is 11.6 Å². The maximum atomic E-state index is 12.1. The Morgan fingerprint density at radius 1 is 1.24 bits per heavy atom. The molecule has 5 nitrogen and oxygen atoms in total. The van der Waals surface area contributed by atoms with Crippen LogP contribution in [0.1, 0.15) is 16.8 Å². The molecule has 0 radical (unpaired) electrons. The van der Waals surface area contributed by atoms with Gasteiger partial charge in [-0.05, 0) is 30.3 Å². The minimum atomic E-state index is -0.296. The van der Waals surface area contributed by atoms with Crippen LogP contribution in [-0.4, -0.2) is 23.3 Å². The third-order valence-corrected chi connectivity index (χ3v) is 3.61. The topological polar surface area (TPSA) is 62.3 Å². The first-order chi connectivity index (χ1) is 10.1. The van der Waals surface area contributed by atoms with Crippen molar-refractivity contribution in [2.24, 2.45) is 0 Å². The number of anilines is 2. The average molecular weight is 302 g/mol. The van der Waals surface area contributed by atoms with Gasteiger partial charge in [0.2, 0.25) is 5.91 Å². The minimum Gasteiger partial charge on any atom is -0.322 e. The molecular formula is C15H12ClN3O2. The van der Waals surface area contributed by atoms with E-state index in [1.165, 1.54) is 12.4 Å². The molecule has 0 atom stereocenters. The van der Waals surface area contributed by atoms with Crippen molar-refractivity contribution in [2.75, 3.05) is 16.8 Å². The van der Waals surface area contributed by atoms with Gasteiger partial charge in [0.05, 0.1) is 10.6 Å². The zero-order chi connectivity index (χ0) is 14.8. The summed E-state index contributed by atoms with van der Waals surface area (Å²) in [5.74, 6) is -0.175. The number of rotatable bonds is 3. The quantitative estimate of drug-likeness (QED) is 0.887. The summed E-state index contributed by atoms with van der Waals surface area (Å²) in [5, 5.41) is 3.06. The number of benzene rings is 1. The van der Waals surface area contributed by atoms with E-state index in [2.05, 4.69) is 10.3 Å². The van der Waals surface area contributed by atoms with Crippen LogP contribution in [0, 0.1) is 0 Å². The zero-order valence-electron chi connectivity index (χ0n) is 11.0. The van der Waals surface area contributed by atoms with Crippen molar-refractivity contribution in [2.45, 2.75) is 6.42 Å². The van der Waals surface area contributed by atoms with E-state index in [1.807, 2.05) is 0 Å². The number of β-lactam (4-membered cyclic amide) rings is 1. The average Bonchev–Trinajstić information content (AvgIpc) is 2.48. The molecule has 1 aromatic carbocycles. The predicted molar refractivity (Wildman–Crippen MR) is 80.6 cm³/mol. The Bertz CT molecular complexity index is 700. The highest BCUT2D eigenvalue weighted by atomic mass is 35.5. The Hall–Kier alpha value is -2.40. The third-order valence-electron chi connectivity index (χ3n) is 3.30. The summed E-state index contributed by atoms with van der Waals surface area (Å²) in [6.07, 6.45) is 3.54. The molecule has 21 heavy (non-hydrogen) atoms. The van der Waals surface area contributed by atoms with Gasteiger partial charge < -0.3 is 10.2 Å². The second-order valence-electron chi connectivity index (χ2n) is 4.65. The highest BCUT2D eigenvalue weighted by molar-refractivity contribution is 6.34. The van der Waals surface area contributed by atoms with E-state index < -0.39 is 0 Å². The lowest BCUT2D eigenvalue weighted by atomic mass is 10.1. The number of halogens is 1. The van der Waals surface area contributed by atoms with Crippen LogP contribution in [0.15, 0.2) is 42.7 Å². The van der Waals surface area contributed by atoms with Crippen LogP contribution in [0.3, 0.4) is 0 Å². The van der Waals surface area contributed by atoms with E-state index in [9.17, 15) is 9.59 Å². The standard InChI is InChI=1S/C15H12ClN3O2/c16-13-9-17-7-5-12(13)15(21)18-10-1-3-11(4-2-10)19-8-6-14(19)20/h1-5,7,9H,6,8H2,(H,18,21). The van der Waals surface area contributed by atoms with Crippen LogP contribution in [0.5, 0.6) is 0 Å². The normalized spacial score (nSPS) is 13.8. The first-order valence-electron chi connectivity index (χ1n) is 6.46. The van der Waals surface area contributed by atoms with Gasteiger partial charge in [-0.2, -0.15) is 0 Å². The summed E-state index contributed by atoms with van der Waals surface area (Å²) in [6, 6.07) is 8.69. The number of amides is 2. The lowest BCUT2D eigenvalue weighted by Crippen LogP contribution is -2.43. The molecule has 1 fully saturated rings. The predicted octanol–water partition coefficient (Wildman–Crippen LogP) is 2.72. The third kappa shape index (κ3) is 2.73. The van der Waals surface area contributed by atoms with Crippen molar-refractivity contribution in [3.05, 3.63) is 53.3 Å². The van der Waals surface area contributed by atoms with Crippen molar-refractivity contribution >= 4 is 34.8 Å². The lowest BCUT2D eigenvalue weighted by molar-refractivity contribution is -0.122. The molecule has 3 rings (SSSR count). The van der Waals surface area contributed by atoms with Crippen molar-refractivity contribution in [3.63, 3.8) is 0 Å². The van der Waals surface area contributed by atoms with Gasteiger partial charge in [0.1, 0.15) is 0 Å². The van der Waals surface area contributed by atoms with Crippen LogP contribution >= 0.6 is 11.6 Å². The van der Waals surface area contributed by atoms with Gasteiger partial charge in [0.15, 0.2) is 0 Å². The molecular weight excluding hydrogens is 290 g/mol. The van der Waals surface area contributed by atoms with E-state index in [-0.39, 0.29) is 11.8 Å². The first kappa shape index (κ1) is 13.6. The molecule has 0 bridgehead atoms. The molecule has 1 saturated heterocycles. The van der Waals surface area contributed by atoms with Gasteiger partial charge >= 0.3 is 0 Å². The molecule has 2 aromatic rings. The summed E-state index contributed by atoms with van der Waals surface area (Å²) in [5.41, 5.74) is 1.85. The van der Waals surface area contributed by atoms with Crippen molar-refractivity contribution in [1.29, 1.82) is 0 Å². The molecule has 0 saturated carbocycles. The Kier molecular flexibility index (Phi) is 3.58. The van der Waals surface area contributed by atoms with Crippen LogP contribution in [0.4, 0.5) is 11.4 Å². The van der Waals surface area contributed by atoms with E-state index in [1.54, 1.807) is 35.2 Å². The number of hydrogen-bond acceptors (Lipinski definition) is 3. The summed E-state index contributed by atoms with van der Waals surface area (Å²) in [7, 11) is 0. The molecule has 1 aliphatic heterocycles. The first-order valence-corrected chi connectivity index (χ1v) is 6.84. The summed E-state index contributed by atoms with van der Waals surface area (Å²) >= 11 is 5.93. The van der Waals surface area contributed by atoms with Crippen LogP contribution in [-0.2, 0) is 4.79 Å². The van der Waals surface area contributed by atoms with Crippen molar-refractivity contribution in [3.8, 4) is 0 Å². The maximum Gasteiger partial charge on any atom is 0.257 e. The largest absolute Gasteiger partial charge is 0.322 e. The number of aromatic nitrogens is 1. The Morgan fingerprint density at radius 3 is 2.57 bits per heavy atom. The SMILES string of the molecule is O=C(Nc1ccc(N2CCC2=O)cc1)c1ccncc1Cl. The van der Waals surface area contributed by atoms with Crippen LogP contribution in [0.25, 0.3) is 0 Å². The molecule has 6 heteroatoms. The second-order valence-corrected chi connectivity index (χ2v) is 5.06. The van der Waals surface area contributed by atoms with Gasteiger partial charge in [-0.15, -0.1) is 0 Å². The number of nitrogens with zero attached hydrogens (tertiary/aromatic N) is 2. The molecule has 1 aromatic heterocycles. The van der Waals surface area contributed by atoms with Crippen LogP contribution in [0.2, 0.25) is 5.02 Å². The highest BCUT2D eigenvalue weighted by Gasteiger charge is 2.24. The number of carbonyl (C=O) groups is 2. The molecule has 0 spiro atoms. The van der Waals surface area contributed by atoms with Gasteiger partial charge in [0.25, 0.3) is 5.91 Å². The number of hydrogen-bond donors (Lipinski definition) is 1. The molecule has 106 valence electrons. The van der Waals surface area contributed by atoms with Crippen LogP contribution < -0.4 is 10.2 Å². The smallest absolute Gasteiger partial charge is 0.257 e. The van der Waals surface area contributed by atoms with Gasteiger partial charge in [0, 0.05) is 36.7 Å². The van der Waals surface area contributed by atoms with E-state index in [0.29, 0.717) is 22.7 Å². The monoisotopic (exact) mass is 301 g/mol. The molecule has 0 aliphatic carbocycles. The number of pyridine rings is 1. The Balaban J connectivity index is 1.72. The van der Waals surface area contributed by atoms with Gasteiger partial charge in [-0.25, -0.2) is 0 Å². The molecule has 2 heterocycles. The fourth-order valence-electron chi connectivity index (χ4n) is 2.07. The van der Waals surface area contributed by atoms with E-state index in [0.717, 1.165) is 12.2 Å². The highest BCUT2D eigenvalue weighted by Crippen LogP contribution is 2.24.